The first-order valence-corrected chi connectivity index (χ1v) is 3.14. The maximum Gasteiger partial charge on any atom is 0.332 e. The van der Waals surface area contributed by atoms with Crippen molar-refractivity contribution in [2.24, 2.45) is 0 Å². The van der Waals surface area contributed by atoms with Crippen LogP contribution in [0.2, 0.25) is 0 Å². The lowest BCUT2D eigenvalue weighted by molar-refractivity contribution is -0.149. The lowest BCUT2D eigenvalue weighted by Crippen LogP contribution is -2.15. The Hall–Kier alpha value is -0.830. The van der Waals surface area contributed by atoms with Crippen LogP contribution in [0.4, 0.5) is 0 Å². The molecule has 0 saturated heterocycles. The lowest BCUT2D eigenvalue weighted by Gasteiger charge is -2.05. The summed E-state index contributed by atoms with van der Waals surface area (Å²) in [7, 11) is 0. The summed E-state index contributed by atoms with van der Waals surface area (Å²) < 4.78 is 4.66. The van der Waals surface area contributed by atoms with Crippen molar-refractivity contribution in [2.45, 2.75) is 20.0 Å². The molecule has 0 aromatic heterocycles. The molecule has 10 heavy (non-hydrogen) atoms. The van der Waals surface area contributed by atoms with Crippen molar-refractivity contribution in [3.63, 3.8) is 0 Å². The Balaban J connectivity index is 3.57. The van der Waals surface area contributed by atoms with E-state index in [1.807, 2.05) is 6.92 Å². The Bertz CT molecular complexity index is 129. The van der Waals surface area contributed by atoms with E-state index in [0.29, 0.717) is 0 Å². The molecule has 0 aliphatic rings. The first-order chi connectivity index (χ1) is 4.70. The largest absolute Gasteiger partial charge is 0.457 e. The minimum absolute atomic E-state index is 0.246. The SMILES string of the molecule is C/C=C/[C@H](C)OC(=O)CO. The molecule has 0 fully saturated rings. The number of carbonyl (C=O) groups is 1. The molecule has 0 aromatic rings. The zero-order valence-electron chi connectivity index (χ0n) is 6.20. The van der Waals surface area contributed by atoms with Gasteiger partial charge in [-0.2, -0.15) is 0 Å². The van der Waals surface area contributed by atoms with E-state index in [4.69, 9.17) is 5.11 Å². The number of rotatable bonds is 3. The summed E-state index contributed by atoms with van der Waals surface area (Å²) in [5.74, 6) is -0.592. The van der Waals surface area contributed by atoms with Gasteiger partial charge in [0.1, 0.15) is 12.7 Å². The van der Waals surface area contributed by atoms with E-state index in [9.17, 15) is 4.79 Å². The Morgan fingerprint density at radius 2 is 2.40 bits per heavy atom. The molecule has 0 amide bonds. The van der Waals surface area contributed by atoms with Crippen molar-refractivity contribution in [2.75, 3.05) is 6.61 Å². The second kappa shape index (κ2) is 4.99. The zero-order valence-corrected chi connectivity index (χ0v) is 6.20. The van der Waals surface area contributed by atoms with Crippen molar-refractivity contribution in [1.29, 1.82) is 0 Å². The maximum atomic E-state index is 10.4. The van der Waals surface area contributed by atoms with Gasteiger partial charge in [-0.15, -0.1) is 0 Å². The molecule has 0 rings (SSSR count). The summed E-state index contributed by atoms with van der Waals surface area (Å²) >= 11 is 0. The monoisotopic (exact) mass is 144 g/mol. The molecule has 58 valence electrons. The summed E-state index contributed by atoms with van der Waals surface area (Å²) in [5.41, 5.74) is 0. The normalized spacial score (nSPS) is 13.5. The third-order valence-corrected chi connectivity index (χ3v) is 0.910. The molecule has 0 aromatic carbocycles. The third kappa shape index (κ3) is 4.09. The fourth-order valence-electron chi connectivity index (χ4n) is 0.555. The maximum absolute atomic E-state index is 10.4. The van der Waals surface area contributed by atoms with E-state index in [2.05, 4.69) is 4.74 Å². The minimum Gasteiger partial charge on any atom is -0.457 e. The van der Waals surface area contributed by atoms with Gasteiger partial charge in [0, 0.05) is 0 Å². The molecule has 0 aliphatic carbocycles. The Morgan fingerprint density at radius 1 is 1.80 bits per heavy atom. The molecule has 0 heterocycles. The molecule has 0 unspecified atom stereocenters. The molecule has 1 atom stereocenters. The van der Waals surface area contributed by atoms with Crippen LogP contribution in [0.25, 0.3) is 0 Å². The fourth-order valence-corrected chi connectivity index (χ4v) is 0.555. The smallest absolute Gasteiger partial charge is 0.332 e. The number of hydrogen-bond acceptors (Lipinski definition) is 3. The molecule has 0 bridgehead atoms. The standard InChI is InChI=1S/C7H12O3/c1-3-4-6(2)10-7(9)5-8/h3-4,6,8H,5H2,1-2H3/b4-3+/t6-/m0/s1. The molecule has 3 heteroatoms. The van der Waals surface area contributed by atoms with Gasteiger partial charge < -0.3 is 9.84 Å². The molecular formula is C7H12O3. The van der Waals surface area contributed by atoms with Crippen LogP contribution in [0.3, 0.4) is 0 Å². The van der Waals surface area contributed by atoms with Gasteiger partial charge in [-0.1, -0.05) is 6.08 Å². The van der Waals surface area contributed by atoms with E-state index < -0.39 is 12.6 Å². The van der Waals surface area contributed by atoms with Crippen LogP contribution >= 0.6 is 0 Å². The number of hydrogen-bond donors (Lipinski definition) is 1. The predicted octanol–water partition coefficient (Wildman–Crippen LogP) is 0.486. The number of esters is 1. The van der Waals surface area contributed by atoms with Gasteiger partial charge in [0.15, 0.2) is 0 Å². The highest BCUT2D eigenvalue weighted by Gasteiger charge is 2.02. The van der Waals surface area contributed by atoms with Gasteiger partial charge in [-0.3, -0.25) is 0 Å². The summed E-state index contributed by atoms with van der Waals surface area (Å²) in [6.45, 7) is 3.01. The van der Waals surface area contributed by atoms with Crippen LogP contribution in [0, 0.1) is 0 Å². The van der Waals surface area contributed by atoms with Gasteiger partial charge in [0.05, 0.1) is 0 Å². The summed E-state index contributed by atoms with van der Waals surface area (Å²) in [6.07, 6.45) is 3.27. The van der Waals surface area contributed by atoms with Gasteiger partial charge in [0.25, 0.3) is 0 Å². The van der Waals surface area contributed by atoms with Crippen molar-refractivity contribution in [3.05, 3.63) is 12.2 Å². The van der Waals surface area contributed by atoms with E-state index in [1.165, 1.54) is 0 Å². The minimum atomic E-state index is -0.592. The average molecular weight is 144 g/mol. The van der Waals surface area contributed by atoms with Gasteiger partial charge in [-0.05, 0) is 19.9 Å². The quantitative estimate of drug-likeness (QED) is 0.463. The Kier molecular flexibility index (Phi) is 4.58. The Labute approximate surface area is 60.3 Å². The second-order valence-corrected chi connectivity index (χ2v) is 1.88. The van der Waals surface area contributed by atoms with Crippen LogP contribution in [0.1, 0.15) is 13.8 Å². The van der Waals surface area contributed by atoms with Crippen LogP contribution < -0.4 is 0 Å². The predicted molar refractivity (Wildman–Crippen MR) is 37.5 cm³/mol. The van der Waals surface area contributed by atoms with Crippen LogP contribution in [-0.2, 0) is 9.53 Å². The third-order valence-electron chi connectivity index (χ3n) is 0.910. The molecule has 0 aliphatic heterocycles. The van der Waals surface area contributed by atoms with E-state index >= 15 is 0 Å². The molecular weight excluding hydrogens is 132 g/mol. The number of allylic oxidation sites excluding steroid dienone is 1. The highest BCUT2D eigenvalue weighted by molar-refractivity contribution is 5.70. The van der Waals surface area contributed by atoms with E-state index in [-0.39, 0.29) is 6.10 Å². The van der Waals surface area contributed by atoms with Gasteiger partial charge in [-0.25, -0.2) is 4.79 Å². The number of ether oxygens (including phenoxy) is 1. The molecule has 1 N–H and O–H groups in total. The average Bonchev–Trinajstić information content (AvgIpc) is 1.88. The van der Waals surface area contributed by atoms with Crippen molar-refractivity contribution >= 4 is 5.97 Å². The van der Waals surface area contributed by atoms with Crippen LogP contribution in [0.5, 0.6) is 0 Å². The molecule has 3 nitrogen and oxygen atoms in total. The number of carbonyl (C=O) groups excluding carboxylic acids is 1. The van der Waals surface area contributed by atoms with Gasteiger partial charge >= 0.3 is 5.97 Å². The van der Waals surface area contributed by atoms with Crippen LogP contribution in [-0.4, -0.2) is 23.8 Å². The summed E-state index contributed by atoms with van der Waals surface area (Å²) in [5, 5.41) is 8.25. The molecule has 0 spiro atoms. The first-order valence-electron chi connectivity index (χ1n) is 3.14. The number of aliphatic hydroxyl groups excluding tert-OH is 1. The van der Waals surface area contributed by atoms with Crippen LogP contribution in [0.15, 0.2) is 12.2 Å². The fraction of sp³-hybridized carbons (Fsp3) is 0.571. The van der Waals surface area contributed by atoms with Crippen molar-refractivity contribution in [1.82, 2.24) is 0 Å². The highest BCUT2D eigenvalue weighted by Crippen LogP contribution is 1.92. The second-order valence-electron chi connectivity index (χ2n) is 1.88. The Morgan fingerprint density at radius 3 is 2.80 bits per heavy atom. The number of aliphatic hydroxyl groups is 1. The molecule has 0 radical (unpaired) electrons. The first kappa shape index (κ1) is 9.17. The van der Waals surface area contributed by atoms with Crippen molar-refractivity contribution < 1.29 is 14.6 Å². The highest BCUT2D eigenvalue weighted by atomic mass is 16.6. The zero-order chi connectivity index (χ0) is 7.98. The summed E-state index contributed by atoms with van der Waals surface area (Å²) in [4.78, 5) is 10.4. The molecule has 0 saturated carbocycles. The van der Waals surface area contributed by atoms with Gasteiger partial charge in [0.2, 0.25) is 0 Å². The summed E-state index contributed by atoms with van der Waals surface area (Å²) in [6, 6.07) is 0. The topological polar surface area (TPSA) is 46.5 Å². The van der Waals surface area contributed by atoms with E-state index in [1.54, 1.807) is 19.1 Å². The lowest BCUT2D eigenvalue weighted by atomic mass is 10.3. The van der Waals surface area contributed by atoms with Crippen molar-refractivity contribution in [3.8, 4) is 0 Å². The van der Waals surface area contributed by atoms with E-state index in [0.717, 1.165) is 0 Å².